The molecule has 0 radical (unpaired) electrons. The van der Waals surface area contributed by atoms with E-state index in [1.54, 1.807) is 18.2 Å². The lowest BCUT2D eigenvalue weighted by Gasteiger charge is -1.94. The summed E-state index contributed by atoms with van der Waals surface area (Å²) in [5.41, 5.74) is 0.915. The number of fused-ring (bicyclic) bond motifs is 1. The Morgan fingerprint density at radius 3 is 2.85 bits per heavy atom. The van der Waals surface area contributed by atoms with Gasteiger partial charge in [-0.2, -0.15) is 4.39 Å². The molecule has 0 saturated heterocycles. The molecule has 0 spiro atoms. The lowest BCUT2D eigenvalue weighted by Crippen LogP contribution is -1.88. The van der Waals surface area contributed by atoms with Gasteiger partial charge >= 0.3 is 0 Å². The van der Waals surface area contributed by atoms with Crippen molar-refractivity contribution >= 4 is 45.3 Å². The maximum absolute atomic E-state index is 13.4. The maximum Gasteiger partial charge on any atom is 0.213 e. The third kappa shape index (κ3) is 2.69. The minimum absolute atomic E-state index is 0.134. The van der Waals surface area contributed by atoms with Gasteiger partial charge < -0.3 is 0 Å². The van der Waals surface area contributed by atoms with E-state index in [-0.39, 0.29) is 5.56 Å². The van der Waals surface area contributed by atoms with Crippen molar-refractivity contribution in [1.82, 2.24) is 9.97 Å². The van der Waals surface area contributed by atoms with Crippen molar-refractivity contribution in [1.29, 1.82) is 0 Å². The highest BCUT2D eigenvalue weighted by atomic mass is 35.5. The molecule has 2 aromatic heterocycles. The largest absolute Gasteiger partial charge is 0.237 e. The van der Waals surface area contributed by atoms with Gasteiger partial charge in [-0.05, 0) is 30.4 Å². The van der Waals surface area contributed by atoms with E-state index in [0.717, 1.165) is 22.5 Å². The van der Waals surface area contributed by atoms with Gasteiger partial charge in [0, 0.05) is 16.7 Å². The van der Waals surface area contributed by atoms with Gasteiger partial charge in [0.25, 0.3) is 0 Å². The fraction of sp³-hybridized carbons (Fsp3) is 0. The molecule has 6 heteroatoms. The number of hydrogen-bond acceptors (Lipinski definition) is 3. The van der Waals surface area contributed by atoms with E-state index in [0.29, 0.717) is 10.0 Å². The predicted octanol–water partition coefficient (Wildman–Crippen LogP) is 4.79. The lowest BCUT2D eigenvalue weighted by atomic mass is 10.2. The van der Waals surface area contributed by atoms with Crippen LogP contribution in [-0.2, 0) is 0 Å². The van der Waals surface area contributed by atoms with E-state index in [9.17, 15) is 8.78 Å². The van der Waals surface area contributed by atoms with Crippen LogP contribution in [0.25, 0.3) is 22.4 Å². The zero-order valence-electron chi connectivity index (χ0n) is 9.98. The van der Waals surface area contributed by atoms with Gasteiger partial charge in [-0.15, -0.1) is 11.3 Å². The molecular formula is C14H7ClF2N2S. The molecule has 0 fully saturated rings. The average molecular weight is 309 g/mol. The summed E-state index contributed by atoms with van der Waals surface area (Å²) < 4.78 is 27.3. The summed E-state index contributed by atoms with van der Waals surface area (Å²) in [5.74, 6) is -1.30. The summed E-state index contributed by atoms with van der Waals surface area (Å²) in [6.07, 6.45) is 3.96. The van der Waals surface area contributed by atoms with Crippen LogP contribution in [0, 0.1) is 11.8 Å². The summed E-state index contributed by atoms with van der Waals surface area (Å²) in [5, 5.41) is 1.31. The number of aromatic nitrogens is 2. The first-order valence-corrected chi connectivity index (χ1v) is 6.86. The van der Waals surface area contributed by atoms with Crippen molar-refractivity contribution in [2.75, 3.05) is 0 Å². The second-order valence-electron chi connectivity index (χ2n) is 4.03. The van der Waals surface area contributed by atoms with E-state index >= 15 is 0 Å². The molecule has 0 bridgehead atoms. The van der Waals surface area contributed by atoms with Crippen molar-refractivity contribution in [2.45, 2.75) is 0 Å². The summed E-state index contributed by atoms with van der Waals surface area (Å²) in [6.45, 7) is 0. The van der Waals surface area contributed by atoms with Gasteiger partial charge in [0.05, 0.1) is 16.4 Å². The second-order valence-corrected chi connectivity index (χ2v) is 5.52. The molecule has 1 aromatic carbocycles. The fourth-order valence-corrected chi connectivity index (χ4v) is 2.72. The first-order chi connectivity index (χ1) is 9.61. The number of rotatable bonds is 2. The van der Waals surface area contributed by atoms with E-state index in [1.165, 1.54) is 17.4 Å². The second kappa shape index (κ2) is 5.26. The van der Waals surface area contributed by atoms with Crippen LogP contribution in [-0.4, -0.2) is 9.97 Å². The molecule has 100 valence electrons. The van der Waals surface area contributed by atoms with Gasteiger partial charge in [-0.25, -0.2) is 14.4 Å². The van der Waals surface area contributed by atoms with Crippen LogP contribution in [0.5, 0.6) is 0 Å². The molecule has 0 amide bonds. The van der Waals surface area contributed by atoms with E-state index in [2.05, 4.69) is 9.97 Å². The summed E-state index contributed by atoms with van der Waals surface area (Å²) in [7, 11) is 0. The van der Waals surface area contributed by atoms with Crippen molar-refractivity contribution in [3.63, 3.8) is 0 Å². The Balaban J connectivity index is 1.96. The molecule has 0 aliphatic carbocycles. The number of benzene rings is 1. The Bertz CT molecular complexity index is 814. The van der Waals surface area contributed by atoms with Gasteiger partial charge in [0.2, 0.25) is 5.95 Å². The summed E-state index contributed by atoms with van der Waals surface area (Å²) in [6, 6.07) is 6.46. The first-order valence-electron chi connectivity index (χ1n) is 5.67. The molecule has 0 saturated carbocycles. The molecule has 2 heterocycles. The highest BCUT2D eigenvalue weighted by molar-refractivity contribution is 7.19. The Kier molecular flexibility index (Phi) is 3.46. The van der Waals surface area contributed by atoms with Crippen molar-refractivity contribution in [3.8, 4) is 0 Å². The molecule has 2 nitrogen and oxygen atoms in total. The fourth-order valence-electron chi connectivity index (χ4n) is 1.71. The van der Waals surface area contributed by atoms with Crippen LogP contribution in [0.1, 0.15) is 10.6 Å². The van der Waals surface area contributed by atoms with Crippen molar-refractivity contribution in [3.05, 3.63) is 57.8 Å². The predicted molar refractivity (Wildman–Crippen MR) is 77.7 cm³/mol. The quantitative estimate of drug-likeness (QED) is 0.636. The number of halogens is 3. The molecule has 3 rings (SSSR count). The molecular weight excluding hydrogens is 302 g/mol. The maximum atomic E-state index is 13.4. The van der Waals surface area contributed by atoms with Crippen molar-refractivity contribution in [2.24, 2.45) is 0 Å². The third-order valence-electron chi connectivity index (χ3n) is 2.62. The SMILES string of the molecule is Fc1cc(/C=C/c2nc3cc(Cl)ccc3s2)c(F)cn1. The first kappa shape index (κ1) is 13.1. The number of hydrogen-bond donors (Lipinski definition) is 0. The normalized spacial score (nSPS) is 11.6. The molecule has 0 atom stereocenters. The van der Waals surface area contributed by atoms with Crippen LogP contribution in [0.4, 0.5) is 8.78 Å². The van der Waals surface area contributed by atoms with E-state index in [1.807, 2.05) is 6.07 Å². The monoisotopic (exact) mass is 308 g/mol. The Labute approximate surface area is 122 Å². The Hall–Kier alpha value is -1.85. The minimum atomic E-state index is -0.720. The Morgan fingerprint density at radius 2 is 2.00 bits per heavy atom. The standard InChI is InChI=1S/C14H7ClF2N2S/c15-9-2-3-12-11(6-9)19-14(20-12)4-1-8-5-13(17)18-7-10(8)16/h1-7H/b4-1+. The van der Waals surface area contributed by atoms with Gasteiger partial charge in [-0.1, -0.05) is 11.6 Å². The Morgan fingerprint density at radius 1 is 1.15 bits per heavy atom. The molecule has 0 N–H and O–H groups in total. The third-order valence-corrected chi connectivity index (χ3v) is 3.86. The smallest absolute Gasteiger partial charge is 0.213 e. The zero-order chi connectivity index (χ0) is 14.1. The van der Waals surface area contributed by atoms with Crippen LogP contribution >= 0.6 is 22.9 Å². The van der Waals surface area contributed by atoms with E-state index < -0.39 is 11.8 Å². The van der Waals surface area contributed by atoms with Crippen LogP contribution in [0.2, 0.25) is 5.02 Å². The lowest BCUT2D eigenvalue weighted by molar-refractivity contribution is 0.558. The van der Waals surface area contributed by atoms with Gasteiger partial charge in [0.1, 0.15) is 10.8 Å². The highest BCUT2D eigenvalue weighted by Gasteiger charge is 2.04. The zero-order valence-corrected chi connectivity index (χ0v) is 11.6. The molecule has 0 unspecified atom stereocenters. The highest BCUT2D eigenvalue weighted by Crippen LogP contribution is 2.26. The van der Waals surface area contributed by atoms with Gasteiger partial charge in [-0.3, -0.25) is 0 Å². The van der Waals surface area contributed by atoms with Gasteiger partial charge in [0.15, 0.2) is 0 Å². The summed E-state index contributed by atoms with van der Waals surface area (Å²) >= 11 is 7.33. The van der Waals surface area contributed by atoms with Crippen LogP contribution in [0.15, 0.2) is 30.5 Å². The summed E-state index contributed by atoms with van der Waals surface area (Å²) in [4.78, 5) is 7.59. The molecule has 20 heavy (non-hydrogen) atoms. The molecule has 3 aromatic rings. The number of pyridine rings is 1. The van der Waals surface area contributed by atoms with Crippen molar-refractivity contribution < 1.29 is 8.78 Å². The molecule has 0 aliphatic rings. The average Bonchev–Trinajstić information content (AvgIpc) is 2.81. The van der Waals surface area contributed by atoms with Crippen LogP contribution in [0.3, 0.4) is 0 Å². The minimum Gasteiger partial charge on any atom is -0.237 e. The van der Waals surface area contributed by atoms with E-state index in [4.69, 9.17) is 11.6 Å². The number of nitrogens with zero attached hydrogens (tertiary/aromatic N) is 2. The topological polar surface area (TPSA) is 25.8 Å². The van der Waals surface area contributed by atoms with Crippen LogP contribution < -0.4 is 0 Å². The molecule has 0 aliphatic heterocycles. The number of thiazole rings is 1.